The van der Waals surface area contributed by atoms with Crippen molar-refractivity contribution in [2.24, 2.45) is 0 Å². The summed E-state index contributed by atoms with van der Waals surface area (Å²) >= 11 is 0. The van der Waals surface area contributed by atoms with Crippen LogP contribution in [0.2, 0.25) is 0 Å². The molecule has 0 amide bonds. The fourth-order valence-corrected chi connectivity index (χ4v) is 4.71. The third kappa shape index (κ3) is 3.28. The maximum absolute atomic E-state index is 5.30. The Balaban J connectivity index is 1.83. The van der Waals surface area contributed by atoms with Gasteiger partial charge in [-0.3, -0.25) is 0 Å². The molecule has 0 atom stereocenters. The van der Waals surface area contributed by atoms with Crippen molar-refractivity contribution in [3.63, 3.8) is 0 Å². The molecule has 1 heterocycles. The predicted molar refractivity (Wildman–Crippen MR) is 138 cm³/mol. The Morgan fingerprint density at radius 3 is 1.30 bits per heavy atom. The van der Waals surface area contributed by atoms with Crippen molar-refractivity contribution in [3.05, 3.63) is 121 Å². The zero-order valence-electron chi connectivity index (χ0n) is 18.4. The van der Waals surface area contributed by atoms with Gasteiger partial charge in [0.05, 0.1) is 22.4 Å². The van der Waals surface area contributed by atoms with Gasteiger partial charge in [0, 0.05) is 16.7 Å². The van der Waals surface area contributed by atoms with Crippen LogP contribution in [0.5, 0.6) is 0 Å². The summed E-state index contributed by atoms with van der Waals surface area (Å²) in [4.78, 5) is 10.5. The summed E-state index contributed by atoms with van der Waals surface area (Å²) in [5.41, 5.74) is 9.38. The second-order valence-corrected chi connectivity index (χ2v) is 8.25. The summed E-state index contributed by atoms with van der Waals surface area (Å²) in [5, 5.41) is 2.38. The first-order valence-electron chi connectivity index (χ1n) is 11.2. The summed E-state index contributed by atoms with van der Waals surface area (Å²) in [6.07, 6.45) is 0. The second kappa shape index (κ2) is 7.99. The summed E-state index contributed by atoms with van der Waals surface area (Å²) < 4.78 is 0. The maximum atomic E-state index is 5.30. The van der Waals surface area contributed by atoms with Gasteiger partial charge >= 0.3 is 0 Å². The highest BCUT2D eigenvalue weighted by Crippen LogP contribution is 2.43. The lowest BCUT2D eigenvalue weighted by Crippen LogP contribution is -1.99. The number of benzene rings is 5. The van der Waals surface area contributed by atoms with E-state index in [1.165, 1.54) is 10.8 Å². The number of rotatable bonds is 3. The van der Waals surface area contributed by atoms with Crippen LogP contribution >= 0.6 is 0 Å². The van der Waals surface area contributed by atoms with E-state index < -0.39 is 0 Å². The predicted octanol–water partition coefficient (Wildman–Crippen LogP) is 8.09. The summed E-state index contributed by atoms with van der Waals surface area (Å²) in [7, 11) is 0. The highest BCUT2D eigenvalue weighted by Gasteiger charge is 2.20. The van der Waals surface area contributed by atoms with Gasteiger partial charge in [0.1, 0.15) is 0 Å². The summed E-state index contributed by atoms with van der Waals surface area (Å²) in [5.74, 6) is 0. The quantitative estimate of drug-likeness (QED) is 0.269. The number of hydrogen-bond donors (Lipinski definition) is 0. The Morgan fingerprint density at radius 2 is 0.818 bits per heavy atom. The van der Waals surface area contributed by atoms with Gasteiger partial charge in [0.25, 0.3) is 0 Å². The van der Waals surface area contributed by atoms with Crippen molar-refractivity contribution < 1.29 is 0 Å². The van der Waals surface area contributed by atoms with Crippen LogP contribution in [0.15, 0.2) is 115 Å². The molecule has 0 fully saturated rings. The Labute approximate surface area is 193 Å². The average molecular weight is 423 g/mol. The van der Waals surface area contributed by atoms with Gasteiger partial charge in [-0.05, 0) is 28.8 Å². The lowest BCUT2D eigenvalue weighted by Gasteiger charge is -2.18. The van der Waals surface area contributed by atoms with Crippen molar-refractivity contribution >= 4 is 21.8 Å². The Hall–Kier alpha value is -4.30. The van der Waals surface area contributed by atoms with Gasteiger partial charge < -0.3 is 0 Å². The Kier molecular flexibility index (Phi) is 4.70. The zero-order valence-corrected chi connectivity index (χ0v) is 18.4. The fraction of sp³-hybridized carbons (Fsp3) is 0.0323. The molecule has 2 nitrogen and oxygen atoms in total. The van der Waals surface area contributed by atoms with E-state index >= 15 is 0 Å². The van der Waals surface area contributed by atoms with Crippen molar-refractivity contribution in [2.45, 2.75) is 6.92 Å². The summed E-state index contributed by atoms with van der Waals surface area (Å²) in [6.45, 7) is 2.06. The highest BCUT2D eigenvalue weighted by atomic mass is 14.8. The molecule has 156 valence electrons. The van der Waals surface area contributed by atoms with E-state index in [9.17, 15) is 0 Å². The number of aryl methyl sites for hydroxylation is 1. The molecule has 0 radical (unpaired) electrons. The minimum atomic E-state index is 0.926. The van der Waals surface area contributed by atoms with Crippen molar-refractivity contribution in [1.82, 2.24) is 9.97 Å². The molecule has 33 heavy (non-hydrogen) atoms. The van der Waals surface area contributed by atoms with E-state index in [2.05, 4.69) is 116 Å². The molecule has 0 saturated heterocycles. The zero-order chi connectivity index (χ0) is 22.2. The molecule has 0 unspecified atom stereocenters. The third-order valence-electron chi connectivity index (χ3n) is 6.18. The minimum Gasteiger partial charge on any atom is -0.249 e. The molecule has 0 N–H and O–H groups in total. The summed E-state index contributed by atoms with van der Waals surface area (Å²) in [6, 6.07) is 40.0. The molecule has 0 saturated carbocycles. The first-order valence-corrected chi connectivity index (χ1v) is 11.2. The first kappa shape index (κ1) is 19.4. The molecule has 0 aliphatic carbocycles. The van der Waals surface area contributed by atoms with E-state index in [4.69, 9.17) is 9.97 Å². The van der Waals surface area contributed by atoms with E-state index in [0.717, 1.165) is 50.2 Å². The molecular weight excluding hydrogens is 400 g/mol. The van der Waals surface area contributed by atoms with Crippen molar-refractivity contribution in [2.75, 3.05) is 0 Å². The van der Waals surface area contributed by atoms with Crippen LogP contribution in [0.4, 0.5) is 0 Å². The van der Waals surface area contributed by atoms with Crippen LogP contribution in [-0.4, -0.2) is 9.97 Å². The molecule has 1 aromatic heterocycles. The monoisotopic (exact) mass is 422 g/mol. The fourth-order valence-electron chi connectivity index (χ4n) is 4.71. The largest absolute Gasteiger partial charge is 0.249 e. The van der Waals surface area contributed by atoms with Gasteiger partial charge in [-0.25, -0.2) is 9.97 Å². The molecule has 6 aromatic rings. The molecular formula is C31H22N2. The average Bonchev–Trinajstić information content (AvgIpc) is 2.88. The molecule has 6 rings (SSSR count). The van der Waals surface area contributed by atoms with Gasteiger partial charge in [-0.2, -0.15) is 0 Å². The van der Waals surface area contributed by atoms with Gasteiger partial charge in [0.15, 0.2) is 0 Å². The molecule has 2 heteroatoms. The van der Waals surface area contributed by atoms with E-state index in [0.29, 0.717) is 0 Å². The van der Waals surface area contributed by atoms with Crippen molar-refractivity contribution in [3.8, 4) is 33.5 Å². The van der Waals surface area contributed by atoms with Crippen LogP contribution < -0.4 is 0 Å². The van der Waals surface area contributed by atoms with Gasteiger partial charge in [-0.15, -0.1) is 0 Å². The third-order valence-corrected chi connectivity index (χ3v) is 6.18. The van der Waals surface area contributed by atoms with Crippen LogP contribution in [-0.2, 0) is 0 Å². The van der Waals surface area contributed by atoms with Crippen molar-refractivity contribution in [1.29, 1.82) is 0 Å². The standard InChI is InChI=1S/C31H22N2/c1-21-29(24-17-9-4-10-18-24)33-31-28(23-15-7-3-8-16-23)26-20-12-11-19-25(26)27(30(31)32-21)22-13-5-2-6-14-22/h2-20H,1H3. The number of aromatic nitrogens is 2. The topological polar surface area (TPSA) is 25.8 Å². The smallest absolute Gasteiger partial charge is 0.0985 e. The van der Waals surface area contributed by atoms with E-state index in [1.54, 1.807) is 0 Å². The normalized spacial score (nSPS) is 11.2. The minimum absolute atomic E-state index is 0.926. The SMILES string of the molecule is Cc1nc2c(-c3ccccc3)c3ccccc3c(-c3ccccc3)c2nc1-c1ccccc1. The lowest BCUT2D eigenvalue weighted by molar-refractivity contribution is 1.19. The Morgan fingerprint density at radius 1 is 0.424 bits per heavy atom. The highest BCUT2D eigenvalue weighted by molar-refractivity contribution is 6.19. The lowest BCUT2D eigenvalue weighted by atomic mass is 9.89. The maximum Gasteiger partial charge on any atom is 0.0985 e. The number of fused-ring (bicyclic) bond motifs is 2. The van der Waals surface area contributed by atoms with E-state index in [1.807, 2.05) is 6.07 Å². The van der Waals surface area contributed by atoms with Crippen LogP contribution in [0.25, 0.3) is 55.3 Å². The molecule has 0 bridgehead atoms. The molecule has 0 spiro atoms. The van der Waals surface area contributed by atoms with Crippen LogP contribution in [0, 0.1) is 6.92 Å². The number of hydrogen-bond acceptors (Lipinski definition) is 2. The van der Waals surface area contributed by atoms with E-state index in [-0.39, 0.29) is 0 Å². The van der Waals surface area contributed by atoms with Gasteiger partial charge in [0.2, 0.25) is 0 Å². The van der Waals surface area contributed by atoms with Gasteiger partial charge in [-0.1, -0.05) is 115 Å². The second-order valence-electron chi connectivity index (χ2n) is 8.25. The molecule has 0 aliphatic rings. The molecule has 5 aromatic carbocycles. The van der Waals surface area contributed by atoms with Crippen LogP contribution in [0.1, 0.15) is 5.69 Å². The number of nitrogens with zero attached hydrogens (tertiary/aromatic N) is 2. The molecule has 0 aliphatic heterocycles. The first-order chi connectivity index (χ1) is 16.3. The Bertz CT molecular complexity index is 1590. The van der Waals surface area contributed by atoms with Crippen LogP contribution in [0.3, 0.4) is 0 Å².